The monoisotopic (exact) mass is 352 g/mol. The second-order valence-corrected chi connectivity index (χ2v) is 6.73. The SMILES string of the molecule is O=C(O)CCc1cccc(NC(=O)c2cccc(CN3CCCC3)c2)c1. The summed E-state index contributed by atoms with van der Waals surface area (Å²) in [4.78, 5) is 25.7. The molecule has 26 heavy (non-hydrogen) atoms. The normalized spacial score (nSPS) is 14.3. The Balaban J connectivity index is 1.64. The average molecular weight is 352 g/mol. The molecule has 0 unspecified atom stereocenters. The number of likely N-dealkylation sites (tertiary alicyclic amines) is 1. The van der Waals surface area contributed by atoms with Crippen molar-refractivity contribution in [2.24, 2.45) is 0 Å². The molecule has 0 aromatic heterocycles. The number of carboxylic acid groups (broad SMARTS) is 1. The molecule has 1 amide bonds. The van der Waals surface area contributed by atoms with Gasteiger partial charge in [-0.25, -0.2) is 0 Å². The van der Waals surface area contributed by atoms with E-state index >= 15 is 0 Å². The van der Waals surface area contributed by atoms with Crippen molar-refractivity contribution < 1.29 is 14.7 Å². The Morgan fingerprint density at radius 1 is 1.00 bits per heavy atom. The molecule has 5 heteroatoms. The summed E-state index contributed by atoms with van der Waals surface area (Å²) in [6.45, 7) is 3.13. The molecule has 136 valence electrons. The predicted octanol–water partition coefficient (Wildman–Crippen LogP) is 3.55. The van der Waals surface area contributed by atoms with Crippen LogP contribution in [0.25, 0.3) is 0 Å². The number of carbonyl (C=O) groups is 2. The van der Waals surface area contributed by atoms with Gasteiger partial charge in [-0.2, -0.15) is 0 Å². The van der Waals surface area contributed by atoms with Crippen molar-refractivity contribution in [1.29, 1.82) is 0 Å². The number of benzene rings is 2. The lowest BCUT2D eigenvalue weighted by Crippen LogP contribution is -2.19. The minimum absolute atomic E-state index is 0.0793. The zero-order valence-electron chi connectivity index (χ0n) is 14.8. The van der Waals surface area contributed by atoms with Gasteiger partial charge >= 0.3 is 5.97 Å². The minimum Gasteiger partial charge on any atom is -0.481 e. The van der Waals surface area contributed by atoms with Crippen LogP contribution in [0.5, 0.6) is 0 Å². The number of nitrogens with one attached hydrogen (secondary N) is 1. The summed E-state index contributed by atoms with van der Waals surface area (Å²) in [5, 5.41) is 11.7. The van der Waals surface area contributed by atoms with Crippen LogP contribution >= 0.6 is 0 Å². The molecular formula is C21H24N2O3. The zero-order valence-corrected chi connectivity index (χ0v) is 14.8. The van der Waals surface area contributed by atoms with E-state index in [-0.39, 0.29) is 12.3 Å². The van der Waals surface area contributed by atoms with Gasteiger partial charge in [0.25, 0.3) is 5.91 Å². The van der Waals surface area contributed by atoms with Crippen LogP contribution in [0.15, 0.2) is 48.5 Å². The first-order chi connectivity index (χ1) is 12.6. The van der Waals surface area contributed by atoms with E-state index < -0.39 is 5.97 Å². The third-order valence-corrected chi connectivity index (χ3v) is 4.61. The number of nitrogens with zero attached hydrogens (tertiary/aromatic N) is 1. The summed E-state index contributed by atoms with van der Waals surface area (Å²) < 4.78 is 0. The molecule has 0 atom stereocenters. The Morgan fingerprint density at radius 2 is 1.73 bits per heavy atom. The largest absolute Gasteiger partial charge is 0.481 e. The maximum atomic E-state index is 12.6. The molecule has 0 bridgehead atoms. The fraction of sp³-hybridized carbons (Fsp3) is 0.333. The second kappa shape index (κ2) is 8.63. The summed E-state index contributed by atoms with van der Waals surface area (Å²) in [6.07, 6.45) is 3.02. The van der Waals surface area contributed by atoms with Crippen LogP contribution in [0.3, 0.4) is 0 Å². The van der Waals surface area contributed by atoms with E-state index in [0.29, 0.717) is 17.7 Å². The van der Waals surface area contributed by atoms with E-state index in [0.717, 1.165) is 30.8 Å². The fourth-order valence-electron chi connectivity index (χ4n) is 3.27. The van der Waals surface area contributed by atoms with Gasteiger partial charge in [0.1, 0.15) is 0 Å². The van der Waals surface area contributed by atoms with Crippen molar-refractivity contribution in [2.45, 2.75) is 32.2 Å². The number of anilines is 1. The molecule has 1 saturated heterocycles. The first-order valence-electron chi connectivity index (χ1n) is 9.03. The van der Waals surface area contributed by atoms with E-state index in [1.165, 1.54) is 12.8 Å². The van der Waals surface area contributed by atoms with Gasteiger partial charge in [0.05, 0.1) is 0 Å². The van der Waals surface area contributed by atoms with E-state index in [1.807, 2.05) is 42.5 Å². The molecule has 2 N–H and O–H groups in total. The first-order valence-corrected chi connectivity index (χ1v) is 9.03. The number of hydrogen-bond acceptors (Lipinski definition) is 3. The Labute approximate surface area is 153 Å². The van der Waals surface area contributed by atoms with Crippen LogP contribution in [0, 0.1) is 0 Å². The topological polar surface area (TPSA) is 69.6 Å². The number of aliphatic carboxylic acids is 1. The van der Waals surface area contributed by atoms with Gasteiger partial charge in [-0.3, -0.25) is 14.5 Å². The van der Waals surface area contributed by atoms with Crippen LogP contribution in [0.4, 0.5) is 5.69 Å². The molecule has 0 radical (unpaired) electrons. The Hall–Kier alpha value is -2.66. The highest BCUT2D eigenvalue weighted by atomic mass is 16.4. The highest BCUT2D eigenvalue weighted by molar-refractivity contribution is 6.04. The van der Waals surface area contributed by atoms with Gasteiger partial charge in [0.2, 0.25) is 0 Å². The van der Waals surface area contributed by atoms with E-state index in [9.17, 15) is 9.59 Å². The molecule has 2 aromatic rings. The van der Waals surface area contributed by atoms with E-state index in [4.69, 9.17) is 5.11 Å². The molecule has 1 aliphatic rings. The van der Waals surface area contributed by atoms with Crippen LogP contribution in [-0.4, -0.2) is 35.0 Å². The molecule has 0 aliphatic carbocycles. The Morgan fingerprint density at radius 3 is 2.50 bits per heavy atom. The summed E-state index contributed by atoms with van der Waals surface area (Å²) in [5.41, 5.74) is 3.36. The van der Waals surface area contributed by atoms with Crippen LogP contribution in [0.2, 0.25) is 0 Å². The highest BCUT2D eigenvalue weighted by Crippen LogP contribution is 2.16. The van der Waals surface area contributed by atoms with Gasteiger partial charge in [-0.15, -0.1) is 0 Å². The van der Waals surface area contributed by atoms with Crippen molar-refractivity contribution in [3.8, 4) is 0 Å². The maximum Gasteiger partial charge on any atom is 0.303 e. The Bertz CT molecular complexity index is 782. The van der Waals surface area contributed by atoms with Crippen molar-refractivity contribution in [2.75, 3.05) is 18.4 Å². The van der Waals surface area contributed by atoms with Crippen molar-refractivity contribution >= 4 is 17.6 Å². The molecule has 1 aliphatic heterocycles. The standard InChI is InChI=1S/C21H24N2O3/c24-20(25)10-9-16-5-4-8-19(14-16)22-21(26)18-7-3-6-17(13-18)15-23-11-1-2-12-23/h3-8,13-14H,1-2,9-12,15H2,(H,22,26)(H,24,25). The zero-order chi connectivity index (χ0) is 18.4. The predicted molar refractivity (Wildman–Crippen MR) is 101 cm³/mol. The molecule has 1 fully saturated rings. The Kier molecular flexibility index (Phi) is 6.02. The summed E-state index contributed by atoms with van der Waals surface area (Å²) in [6, 6.07) is 15.1. The van der Waals surface area contributed by atoms with Gasteiger partial charge in [-0.05, 0) is 67.7 Å². The summed E-state index contributed by atoms with van der Waals surface area (Å²) in [5.74, 6) is -0.974. The van der Waals surface area contributed by atoms with Gasteiger partial charge in [0, 0.05) is 24.2 Å². The lowest BCUT2D eigenvalue weighted by molar-refractivity contribution is -0.136. The molecule has 5 nitrogen and oxygen atoms in total. The van der Waals surface area contributed by atoms with E-state index in [1.54, 1.807) is 0 Å². The van der Waals surface area contributed by atoms with Crippen LogP contribution in [0.1, 0.15) is 40.7 Å². The maximum absolute atomic E-state index is 12.6. The van der Waals surface area contributed by atoms with Crippen LogP contribution in [-0.2, 0) is 17.8 Å². The molecule has 1 heterocycles. The highest BCUT2D eigenvalue weighted by Gasteiger charge is 2.13. The number of amides is 1. The lowest BCUT2D eigenvalue weighted by atomic mass is 10.1. The molecular weight excluding hydrogens is 328 g/mol. The summed E-state index contributed by atoms with van der Waals surface area (Å²) >= 11 is 0. The second-order valence-electron chi connectivity index (χ2n) is 6.73. The molecule has 0 saturated carbocycles. The average Bonchev–Trinajstić information content (AvgIpc) is 3.13. The molecule has 0 spiro atoms. The number of aryl methyl sites for hydroxylation is 1. The van der Waals surface area contributed by atoms with Gasteiger partial charge < -0.3 is 10.4 Å². The quantitative estimate of drug-likeness (QED) is 0.799. The van der Waals surface area contributed by atoms with Gasteiger partial charge in [-0.1, -0.05) is 24.3 Å². The lowest BCUT2D eigenvalue weighted by Gasteiger charge is -2.15. The smallest absolute Gasteiger partial charge is 0.303 e. The third-order valence-electron chi connectivity index (χ3n) is 4.61. The number of carboxylic acids is 1. The third kappa shape index (κ3) is 5.17. The van der Waals surface area contributed by atoms with Gasteiger partial charge in [0.15, 0.2) is 0 Å². The van der Waals surface area contributed by atoms with Crippen molar-refractivity contribution in [3.63, 3.8) is 0 Å². The molecule has 2 aromatic carbocycles. The minimum atomic E-state index is -0.825. The molecule has 3 rings (SSSR count). The van der Waals surface area contributed by atoms with Crippen molar-refractivity contribution in [1.82, 2.24) is 4.90 Å². The number of rotatable bonds is 7. The van der Waals surface area contributed by atoms with Crippen LogP contribution < -0.4 is 5.32 Å². The summed E-state index contributed by atoms with van der Waals surface area (Å²) in [7, 11) is 0. The van der Waals surface area contributed by atoms with E-state index in [2.05, 4.69) is 16.3 Å². The number of hydrogen-bond donors (Lipinski definition) is 2. The first kappa shape index (κ1) is 18.1. The fourth-order valence-corrected chi connectivity index (χ4v) is 3.27. The number of carbonyl (C=O) groups excluding carboxylic acids is 1. The van der Waals surface area contributed by atoms with Crippen molar-refractivity contribution in [3.05, 3.63) is 65.2 Å².